The maximum absolute atomic E-state index is 12.8. The molecule has 0 N–H and O–H groups in total. The van der Waals surface area contributed by atoms with E-state index >= 15 is 0 Å². The van der Waals surface area contributed by atoms with Crippen molar-refractivity contribution in [1.82, 2.24) is 9.88 Å². The van der Waals surface area contributed by atoms with Gasteiger partial charge < -0.3 is 9.64 Å². The summed E-state index contributed by atoms with van der Waals surface area (Å²) >= 11 is 0. The lowest BCUT2D eigenvalue weighted by atomic mass is 9.90. The second kappa shape index (κ2) is 6.27. The van der Waals surface area contributed by atoms with Gasteiger partial charge in [0.05, 0.1) is 0 Å². The Kier molecular flexibility index (Phi) is 3.97. The maximum atomic E-state index is 12.8. The minimum Gasteiger partial charge on any atom is -0.490 e. The topological polar surface area (TPSA) is 42.4 Å². The predicted molar refractivity (Wildman–Crippen MR) is 92.4 cm³/mol. The highest BCUT2D eigenvalue weighted by Gasteiger charge is 2.26. The molecule has 4 heteroatoms. The molecule has 4 rings (SSSR count). The number of carbonyl (C=O) groups is 1. The monoisotopic (exact) mass is 322 g/mol. The highest BCUT2D eigenvalue weighted by Crippen LogP contribution is 2.31. The average molecular weight is 322 g/mol. The number of aromatic nitrogens is 1. The molecule has 0 spiro atoms. The largest absolute Gasteiger partial charge is 0.490 e. The summed E-state index contributed by atoms with van der Waals surface area (Å²) in [6.45, 7) is 3.69. The van der Waals surface area contributed by atoms with E-state index in [-0.39, 0.29) is 12.0 Å². The van der Waals surface area contributed by atoms with Crippen LogP contribution in [0.15, 0.2) is 42.7 Å². The number of pyridine rings is 1. The summed E-state index contributed by atoms with van der Waals surface area (Å²) < 4.78 is 5.72. The highest BCUT2D eigenvalue weighted by atomic mass is 16.5. The number of benzene rings is 1. The van der Waals surface area contributed by atoms with Gasteiger partial charge in [-0.25, -0.2) is 0 Å². The fraction of sp³-hybridized carbons (Fsp3) is 0.400. The number of rotatable bonds is 2. The molecule has 1 fully saturated rings. The van der Waals surface area contributed by atoms with Crippen LogP contribution in [0.2, 0.25) is 0 Å². The third-order valence-electron chi connectivity index (χ3n) is 5.10. The van der Waals surface area contributed by atoms with Gasteiger partial charge in [0.15, 0.2) is 0 Å². The molecule has 0 radical (unpaired) electrons. The number of amides is 1. The van der Waals surface area contributed by atoms with Crippen molar-refractivity contribution in [3.05, 3.63) is 59.4 Å². The third-order valence-corrected chi connectivity index (χ3v) is 5.10. The number of piperidine rings is 1. The van der Waals surface area contributed by atoms with Gasteiger partial charge in [-0.05, 0) is 67.1 Å². The average Bonchev–Trinajstić information content (AvgIpc) is 3.01. The van der Waals surface area contributed by atoms with Crippen LogP contribution >= 0.6 is 0 Å². The predicted octanol–water partition coefficient (Wildman–Crippen LogP) is 3.42. The van der Waals surface area contributed by atoms with Crippen LogP contribution in [-0.4, -0.2) is 35.0 Å². The normalized spacial score (nSPS) is 20.5. The van der Waals surface area contributed by atoms with Crippen LogP contribution in [0.5, 0.6) is 5.75 Å². The first-order chi connectivity index (χ1) is 11.7. The van der Waals surface area contributed by atoms with Gasteiger partial charge in [-0.1, -0.05) is 0 Å². The molecule has 1 aromatic carbocycles. The highest BCUT2D eigenvalue weighted by molar-refractivity contribution is 5.94. The van der Waals surface area contributed by atoms with E-state index in [0.717, 1.165) is 49.2 Å². The summed E-state index contributed by atoms with van der Waals surface area (Å²) in [4.78, 5) is 18.9. The molecule has 1 amide bonds. The van der Waals surface area contributed by atoms with Crippen LogP contribution in [0.3, 0.4) is 0 Å². The first-order valence-corrected chi connectivity index (χ1v) is 8.69. The molecule has 2 aliphatic rings. The Bertz CT molecular complexity index is 737. The van der Waals surface area contributed by atoms with Crippen LogP contribution in [0.25, 0.3) is 0 Å². The Labute approximate surface area is 142 Å². The van der Waals surface area contributed by atoms with E-state index in [1.807, 2.05) is 35.5 Å². The van der Waals surface area contributed by atoms with Crippen molar-refractivity contribution < 1.29 is 9.53 Å². The lowest BCUT2D eigenvalue weighted by Gasteiger charge is -2.32. The smallest absolute Gasteiger partial charge is 0.253 e. The van der Waals surface area contributed by atoms with Crippen LogP contribution < -0.4 is 4.74 Å². The number of hydrogen-bond donors (Lipinski definition) is 0. The van der Waals surface area contributed by atoms with Gasteiger partial charge in [0, 0.05) is 37.5 Å². The van der Waals surface area contributed by atoms with Gasteiger partial charge in [-0.2, -0.15) is 0 Å². The van der Waals surface area contributed by atoms with E-state index in [1.165, 1.54) is 5.56 Å². The van der Waals surface area contributed by atoms with Crippen molar-refractivity contribution in [1.29, 1.82) is 0 Å². The fourth-order valence-corrected chi connectivity index (χ4v) is 3.79. The van der Waals surface area contributed by atoms with Crippen LogP contribution in [0.1, 0.15) is 47.2 Å². The molecule has 4 nitrogen and oxygen atoms in total. The molecule has 1 aromatic heterocycles. The van der Waals surface area contributed by atoms with Crippen LogP contribution in [0.4, 0.5) is 0 Å². The Hall–Kier alpha value is -2.36. The van der Waals surface area contributed by atoms with E-state index < -0.39 is 0 Å². The molecule has 0 unspecified atom stereocenters. The molecule has 0 saturated carbocycles. The van der Waals surface area contributed by atoms with Gasteiger partial charge in [-0.3, -0.25) is 9.78 Å². The molecular weight excluding hydrogens is 300 g/mol. The second-order valence-electron chi connectivity index (χ2n) is 6.80. The van der Waals surface area contributed by atoms with E-state index in [4.69, 9.17) is 4.74 Å². The summed E-state index contributed by atoms with van der Waals surface area (Å²) in [6, 6.07) is 10.0. The van der Waals surface area contributed by atoms with Crippen LogP contribution in [-0.2, 0) is 6.42 Å². The Morgan fingerprint density at radius 2 is 1.92 bits per heavy atom. The zero-order valence-corrected chi connectivity index (χ0v) is 13.9. The standard InChI is InChI=1S/C20H22N2O2/c1-14-12-18-13-17(2-3-19(18)24-14)20(23)22-10-6-16(7-11-22)15-4-8-21-9-5-15/h2-5,8-9,13-14,16H,6-7,10-12H2,1H3/t14-/m0/s1. The number of ether oxygens (including phenoxy) is 1. The van der Waals surface area contributed by atoms with Gasteiger partial charge in [0.1, 0.15) is 11.9 Å². The Morgan fingerprint density at radius 1 is 1.17 bits per heavy atom. The van der Waals surface area contributed by atoms with Crippen molar-refractivity contribution in [2.45, 2.75) is 38.2 Å². The second-order valence-corrected chi connectivity index (χ2v) is 6.80. The van der Waals surface area contributed by atoms with Crippen LogP contribution in [0, 0.1) is 0 Å². The summed E-state index contributed by atoms with van der Waals surface area (Å²) in [5, 5.41) is 0. The summed E-state index contributed by atoms with van der Waals surface area (Å²) in [6.07, 6.45) is 6.82. The quantitative estimate of drug-likeness (QED) is 0.851. The van der Waals surface area contributed by atoms with Crippen molar-refractivity contribution >= 4 is 5.91 Å². The molecule has 1 saturated heterocycles. The van der Waals surface area contributed by atoms with Gasteiger partial charge in [0.2, 0.25) is 0 Å². The maximum Gasteiger partial charge on any atom is 0.253 e. The van der Waals surface area contributed by atoms with Gasteiger partial charge in [-0.15, -0.1) is 0 Å². The number of nitrogens with zero attached hydrogens (tertiary/aromatic N) is 2. The molecule has 2 aliphatic heterocycles. The molecular formula is C20H22N2O2. The van der Waals surface area contributed by atoms with E-state index in [2.05, 4.69) is 24.0 Å². The zero-order chi connectivity index (χ0) is 16.5. The summed E-state index contributed by atoms with van der Waals surface area (Å²) in [5.41, 5.74) is 3.27. The summed E-state index contributed by atoms with van der Waals surface area (Å²) in [7, 11) is 0. The Morgan fingerprint density at radius 3 is 2.67 bits per heavy atom. The molecule has 124 valence electrons. The molecule has 0 bridgehead atoms. The van der Waals surface area contributed by atoms with E-state index in [0.29, 0.717) is 5.92 Å². The first kappa shape index (κ1) is 15.2. The molecule has 0 aliphatic carbocycles. The molecule has 24 heavy (non-hydrogen) atoms. The SMILES string of the molecule is C[C@H]1Cc2cc(C(=O)N3CCC(c4ccncc4)CC3)ccc2O1. The third kappa shape index (κ3) is 2.88. The minimum absolute atomic E-state index is 0.144. The molecule has 1 atom stereocenters. The lowest BCUT2D eigenvalue weighted by Crippen LogP contribution is -2.37. The molecule has 3 heterocycles. The van der Waals surface area contributed by atoms with E-state index in [1.54, 1.807) is 0 Å². The summed E-state index contributed by atoms with van der Waals surface area (Å²) in [5.74, 6) is 1.60. The van der Waals surface area contributed by atoms with Crippen molar-refractivity contribution in [3.8, 4) is 5.75 Å². The number of fused-ring (bicyclic) bond motifs is 1. The van der Waals surface area contributed by atoms with Crippen molar-refractivity contribution in [2.24, 2.45) is 0 Å². The minimum atomic E-state index is 0.144. The number of hydrogen-bond acceptors (Lipinski definition) is 3. The first-order valence-electron chi connectivity index (χ1n) is 8.69. The fourth-order valence-electron chi connectivity index (χ4n) is 3.79. The van der Waals surface area contributed by atoms with E-state index in [9.17, 15) is 4.79 Å². The zero-order valence-electron chi connectivity index (χ0n) is 13.9. The van der Waals surface area contributed by atoms with Crippen molar-refractivity contribution in [3.63, 3.8) is 0 Å². The number of carbonyl (C=O) groups excluding carboxylic acids is 1. The van der Waals surface area contributed by atoms with Gasteiger partial charge >= 0.3 is 0 Å². The van der Waals surface area contributed by atoms with Crippen molar-refractivity contribution in [2.75, 3.05) is 13.1 Å². The van der Waals surface area contributed by atoms with Gasteiger partial charge in [0.25, 0.3) is 5.91 Å². The Balaban J connectivity index is 1.43. The number of likely N-dealkylation sites (tertiary alicyclic amines) is 1. The lowest BCUT2D eigenvalue weighted by molar-refractivity contribution is 0.0713. The molecule has 2 aromatic rings.